The second kappa shape index (κ2) is 6.40. The van der Waals surface area contributed by atoms with Gasteiger partial charge in [0.15, 0.2) is 0 Å². The Morgan fingerprint density at radius 2 is 2.00 bits per heavy atom. The van der Waals surface area contributed by atoms with Gasteiger partial charge in [0.2, 0.25) is 0 Å². The van der Waals surface area contributed by atoms with Crippen molar-refractivity contribution in [2.24, 2.45) is 5.92 Å². The fraction of sp³-hybridized carbons (Fsp3) is 0.750. The van der Waals surface area contributed by atoms with Crippen LogP contribution in [0.1, 0.15) is 39.5 Å². The number of carbonyl (C=O) groups is 1. The summed E-state index contributed by atoms with van der Waals surface area (Å²) in [6.07, 6.45) is 4.95. The summed E-state index contributed by atoms with van der Waals surface area (Å²) in [5, 5.41) is 0. The van der Waals surface area contributed by atoms with Gasteiger partial charge in [-0.2, -0.15) is 0 Å². The predicted octanol–water partition coefficient (Wildman–Crippen LogP) is 3.32. The molecule has 3 heteroatoms. The van der Waals surface area contributed by atoms with E-state index < -0.39 is 0 Å². The van der Waals surface area contributed by atoms with Crippen molar-refractivity contribution in [3.63, 3.8) is 0 Å². The highest BCUT2D eigenvalue weighted by molar-refractivity contribution is 7.33. The van der Waals surface area contributed by atoms with Crippen LogP contribution in [-0.4, -0.2) is 19.1 Å². The van der Waals surface area contributed by atoms with Gasteiger partial charge in [-0.3, -0.25) is 4.79 Å². The Balaban J connectivity index is 2.37. The van der Waals surface area contributed by atoms with Crippen LogP contribution >= 0.6 is 8.81 Å². The van der Waals surface area contributed by atoms with Gasteiger partial charge in [-0.25, -0.2) is 0 Å². The van der Waals surface area contributed by atoms with Gasteiger partial charge < -0.3 is 4.52 Å². The summed E-state index contributed by atoms with van der Waals surface area (Å²) in [6, 6.07) is 0. The minimum atomic E-state index is 0.302. The lowest BCUT2D eigenvalue weighted by atomic mass is 9.82. The lowest BCUT2D eigenvalue weighted by molar-refractivity contribution is -0.121. The van der Waals surface area contributed by atoms with E-state index in [0.717, 1.165) is 25.7 Å². The van der Waals surface area contributed by atoms with Gasteiger partial charge in [0.25, 0.3) is 0 Å². The zero-order valence-corrected chi connectivity index (χ0v) is 10.9. The van der Waals surface area contributed by atoms with Crippen LogP contribution in [0.5, 0.6) is 0 Å². The zero-order valence-electron chi connectivity index (χ0n) is 9.93. The van der Waals surface area contributed by atoms with Gasteiger partial charge in [-0.1, -0.05) is 11.1 Å². The van der Waals surface area contributed by atoms with Crippen LogP contribution in [0.2, 0.25) is 0 Å². The molecule has 0 aromatic carbocycles. The van der Waals surface area contributed by atoms with Crippen LogP contribution < -0.4 is 0 Å². The van der Waals surface area contributed by atoms with Crippen molar-refractivity contribution in [3.8, 4) is 0 Å². The molecule has 0 aliphatic heterocycles. The van der Waals surface area contributed by atoms with Crippen LogP contribution in [0, 0.1) is 5.92 Å². The van der Waals surface area contributed by atoms with E-state index in [1.165, 1.54) is 5.57 Å². The third-order valence-corrected chi connectivity index (χ3v) is 3.92. The monoisotopic (exact) mass is 228 g/mol. The van der Waals surface area contributed by atoms with E-state index in [4.69, 9.17) is 4.52 Å². The highest BCUT2D eigenvalue weighted by atomic mass is 31.1. The fourth-order valence-corrected chi connectivity index (χ4v) is 2.65. The Morgan fingerprint density at radius 1 is 1.40 bits per heavy atom. The first-order valence-corrected chi connectivity index (χ1v) is 6.70. The van der Waals surface area contributed by atoms with Crippen molar-refractivity contribution in [1.82, 2.24) is 0 Å². The van der Waals surface area contributed by atoms with Gasteiger partial charge in [0.05, 0.1) is 0 Å². The number of hydrogen-bond acceptors (Lipinski definition) is 2. The highest BCUT2D eigenvalue weighted by Gasteiger charge is 2.22. The molecular formula is C12H21O2P. The first kappa shape index (κ1) is 12.9. The third kappa shape index (κ3) is 4.04. The Morgan fingerprint density at radius 3 is 2.47 bits per heavy atom. The maximum Gasteiger partial charge on any atom is 0.142 e. The van der Waals surface area contributed by atoms with Crippen molar-refractivity contribution in [2.75, 3.05) is 13.3 Å². The SMILES string of the molecule is COPCC(=O)C1CCC(=C(C)C)CC1. The van der Waals surface area contributed by atoms with Crippen molar-refractivity contribution in [1.29, 1.82) is 0 Å². The maximum absolute atomic E-state index is 11.7. The number of Topliss-reactive ketones (excluding diaryl/α,β-unsaturated/α-hetero) is 1. The van der Waals surface area contributed by atoms with Crippen LogP contribution in [0.3, 0.4) is 0 Å². The van der Waals surface area contributed by atoms with E-state index in [1.54, 1.807) is 12.7 Å². The first-order valence-electron chi connectivity index (χ1n) is 5.59. The van der Waals surface area contributed by atoms with Crippen molar-refractivity contribution in [3.05, 3.63) is 11.1 Å². The predicted molar refractivity (Wildman–Crippen MR) is 65.5 cm³/mol. The smallest absolute Gasteiger partial charge is 0.142 e. The van der Waals surface area contributed by atoms with Crippen molar-refractivity contribution >= 4 is 14.6 Å². The molecule has 1 rings (SSSR count). The third-order valence-electron chi connectivity index (χ3n) is 3.14. The molecule has 1 atom stereocenters. The summed E-state index contributed by atoms with van der Waals surface area (Å²) in [5.41, 5.74) is 3.01. The largest absolute Gasteiger partial charge is 0.365 e. The van der Waals surface area contributed by atoms with Gasteiger partial charge in [-0.15, -0.1) is 0 Å². The Hall–Kier alpha value is -0.200. The molecule has 86 valence electrons. The molecule has 1 aliphatic carbocycles. The molecule has 1 unspecified atom stereocenters. The van der Waals surface area contributed by atoms with Crippen molar-refractivity contribution in [2.45, 2.75) is 39.5 Å². The number of allylic oxidation sites excluding steroid dienone is 2. The molecular weight excluding hydrogens is 207 g/mol. The van der Waals surface area contributed by atoms with Gasteiger partial charge >= 0.3 is 0 Å². The molecule has 0 amide bonds. The van der Waals surface area contributed by atoms with Crippen LogP contribution in [-0.2, 0) is 9.32 Å². The number of rotatable bonds is 4. The van der Waals surface area contributed by atoms with Crippen molar-refractivity contribution < 1.29 is 9.32 Å². The summed E-state index contributed by atoms with van der Waals surface area (Å²) in [7, 11) is 2.01. The molecule has 15 heavy (non-hydrogen) atoms. The molecule has 2 nitrogen and oxygen atoms in total. The summed E-state index contributed by atoms with van der Waals surface area (Å²) in [6.45, 7) is 4.34. The van der Waals surface area contributed by atoms with Gasteiger partial charge in [-0.05, 0) is 39.5 Å². The Kier molecular flexibility index (Phi) is 5.49. The molecule has 0 aromatic heterocycles. The van der Waals surface area contributed by atoms with E-state index in [9.17, 15) is 4.79 Å². The van der Waals surface area contributed by atoms with Crippen LogP contribution in [0.4, 0.5) is 0 Å². The van der Waals surface area contributed by atoms with E-state index >= 15 is 0 Å². The van der Waals surface area contributed by atoms with E-state index in [2.05, 4.69) is 13.8 Å². The minimum absolute atomic E-state index is 0.302. The fourth-order valence-electron chi connectivity index (χ4n) is 2.08. The van der Waals surface area contributed by atoms with E-state index in [-0.39, 0.29) is 0 Å². The second-order valence-electron chi connectivity index (χ2n) is 4.37. The average molecular weight is 228 g/mol. The molecule has 0 saturated heterocycles. The number of hydrogen-bond donors (Lipinski definition) is 0. The molecule has 1 fully saturated rings. The molecule has 0 bridgehead atoms. The molecule has 0 spiro atoms. The molecule has 1 saturated carbocycles. The summed E-state index contributed by atoms with van der Waals surface area (Å²) < 4.78 is 4.96. The van der Waals surface area contributed by atoms with Crippen LogP contribution in [0.25, 0.3) is 0 Å². The molecule has 0 heterocycles. The quantitative estimate of drug-likeness (QED) is 0.545. The van der Waals surface area contributed by atoms with Crippen LogP contribution in [0.15, 0.2) is 11.1 Å². The minimum Gasteiger partial charge on any atom is -0.365 e. The lowest BCUT2D eigenvalue weighted by Gasteiger charge is -2.23. The standard InChI is InChI=1S/C12H21O2P/c1-9(2)10-4-6-11(7-5-10)12(13)8-15-14-3/h11,15H,4-8H2,1-3H3. The van der Waals surface area contributed by atoms with Gasteiger partial charge in [0.1, 0.15) is 5.78 Å². The van der Waals surface area contributed by atoms with E-state index in [1.807, 2.05) is 0 Å². The highest BCUT2D eigenvalue weighted by Crippen LogP contribution is 2.31. The number of ketones is 1. The summed E-state index contributed by atoms with van der Waals surface area (Å²) >= 11 is 0. The Bertz CT molecular complexity index is 244. The zero-order chi connectivity index (χ0) is 11.3. The van der Waals surface area contributed by atoms with Gasteiger partial charge in [0, 0.05) is 28.0 Å². The summed E-state index contributed by atoms with van der Waals surface area (Å²) in [5.74, 6) is 0.707. The first-order chi connectivity index (χ1) is 7.15. The molecule has 0 aromatic rings. The topological polar surface area (TPSA) is 26.3 Å². The van der Waals surface area contributed by atoms with E-state index in [0.29, 0.717) is 26.7 Å². The maximum atomic E-state index is 11.7. The second-order valence-corrected chi connectivity index (χ2v) is 5.42. The molecule has 0 N–H and O–H groups in total. The lowest BCUT2D eigenvalue weighted by Crippen LogP contribution is -2.20. The molecule has 0 radical (unpaired) electrons. The Labute approximate surface area is 94.3 Å². The average Bonchev–Trinajstić information content (AvgIpc) is 2.26. The normalized spacial score (nSPS) is 22.3. The number of carbonyl (C=O) groups excluding carboxylic acids is 1. The summed E-state index contributed by atoms with van der Waals surface area (Å²) in [4.78, 5) is 11.7. The molecule has 1 aliphatic rings.